The Morgan fingerprint density at radius 3 is 2.58 bits per heavy atom. The summed E-state index contributed by atoms with van der Waals surface area (Å²) in [6.45, 7) is 0. The van der Waals surface area contributed by atoms with Crippen LogP contribution in [-0.4, -0.2) is 25.2 Å². The molecule has 2 aromatic heterocycles. The Morgan fingerprint density at radius 1 is 0.875 bits per heavy atom. The number of anilines is 1. The Labute approximate surface area is 138 Å². The van der Waals surface area contributed by atoms with Crippen LogP contribution in [0.3, 0.4) is 0 Å². The number of nitrogens with two attached hydrogens (primary N) is 1. The van der Waals surface area contributed by atoms with Gasteiger partial charge in [-0.15, -0.1) is 15.0 Å². The maximum absolute atomic E-state index is 6.06. The van der Waals surface area contributed by atoms with Crippen molar-refractivity contribution in [1.82, 2.24) is 25.2 Å². The molecule has 0 fully saturated rings. The lowest BCUT2D eigenvalue weighted by Gasteiger charge is -2.07. The Kier molecular flexibility index (Phi) is 3.47. The molecule has 0 aliphatic carbocycles. The van der Waals surface area contributed by atoms with E-state index in [1.54, 1.807) is 6.20 Å². The molecule has 116 valence electrons. The van der Waals surface area contributed by atoms with Gasteiger partial charge in [-0.3, -0.25) is 4.98 Å². The summed E-state index contributed by atoms with van der Waals surface area (Å²) in [6.07, 6.45) is 1.70. The van der Waals surface area contributed by atoms with Gasteiger partial charge in [0.25, 0.3) is 0 Å². The molecule has 2 aromatic carbocycles. The maximum atomic E-state index is 6.06. The van der Waals surface area contributed by atoms with E-state index in [0.717, 1.165) is 22.5 Å². The number of hydrogen-bond acceptors (Lipinski definition) is 5. The SMILES string of the molecule is Nc1ccccc1-c1cccc(-n2nnc(-c3ccccn3)n2)c1. The van der Waals surface area contributed by atoms with Gasteiger partial charge in [-0.05, 0) is 41.1 Å². The monoisotopic (exact) mass is 314 g/mol. The van der Waals surface area contributed by atoms with E-state index in [1.807, 2.05) is 66.7 Å². The third kappa shape index (κ3) is 2.61. The standard InChI is InChI=1S/C18H14N6/c19-16-9-2-1-8-15(16)13-6-5-7-14(12-13)24-22-18(21-23-24)17-10-3-4-11-20-17/h1-12H,19H2. The van der Waals surface area contributed by atoms with E-state index in [-0.39, 0.29) is 0 Å². The second-order valence-electron chi connectivity index (χ2n) is 5.26. The molecule has 0 amide bonds. The molecular formula is C18H14N6. The first-order chi connectivity index (χ1) is 11.8. The van der Waals surface area contributed by atoms with Gasteiger partial charge < -0.3 is 5.73 Å². The smallest absolute Gasteiger partial charge is 0.223 e. The number of hydrogen-bond donors (Lipinski definition) is 1. The van der Waals surface area contributed by atoms with Crippen molar-refractivity contribution in [3.05, 3.63) is 72.9 Å². The summed E-state index contributed by atoms with van der Waals surface area (Å²) in [7, 11) is 0. The molecule has 0 saturated heterocycles. The van der Waals surface area contributed by atoms with E-state index in [4.69, 9.17) is 5.73 Å². The van der Waals surface area contributed by atoms with E-state index in [2.05, 4.69) is 20.4 Å². The lowest BCUT2D eigenvalue weighted by atomic mass is 10.0. The molecule has 4 rings (SSSR count). The molecule has 0 bridgehead atoms. The van der Waals surface area contributed by atoms with Gasteiger partial charge in [0, 0.05) is 17.4 Å². The summed E-state index contributed by atoms with van der Waals surface area (Å²) in [5.41, 5.74) is 10.3. The molecule has 0 atom stereocenters. The van der Waals surface area contributed by atoms with Gasteiger partial charge in [-0.2, -0.15) is 0 Å². The fourth-order valence-corrected chi connectivity index (χ4v) is 2.48. The number of benzene rings is 2. The second-order valence-corrected chi connectivity index (χ2v) is 5.26. The number of rotatable bonds is 3. The Bertz CT molecular complexity index is 977. The zero-order valence-electron chi connectivity index (χ0n) is 12.7. The summed E-state index contributed by atoms with van der Waals surface area (Å²) in [4.78, 5) is 5.73. The molecule has 0 radical (unpaired) electrons. The van der Waals surface area contributed by atoms with Crippen molar-refractivity contribution in [2.75, 3.05) is 5.73 Å². The highest BCUT2D eigenvalue weighted by Gasteiger charge is 2.09. The zero-order chi connectivity index (χ0) is 16.4. The molecule has 24 heavy (non-hydrogen) atoms. The number of nitrogen functional groups attached to an aromatic ring is 1. The number of para-hydroxylation sites is 1. The topological polar surface area (TPSA) is 82.5 Å². The highest BCUT2D eigenvalue weighted by molar-refractivity contribution is 5.77. The van der Waals surface area contributed by atoms with Crippen molar-refractivity contribution in [3.8, 4) is 28.3 Å². The van der Waals surface area contributed by atoms with Crippen molar-refractivity contribution in [3.63, 3.8) is 0 Å². The molecule has 0 spiro atoms. The van der Waals surface area contributed by atoms with Gasteiger partial charge in [-0.1, -0.05) is 36.4 Å². The summed E-state index contributed by atoms with van der Waals surface area (Å²) in [5, 5.41) is 12.6. The van der Waals surface area contributed by atoms with E-state index in [9.17, 15) is 0 Å². The lowest BCUT2D eigenvalue weighted by molar-refractivity contribution is 0.720. The van der Waals surface area contributed by atoms with Crippen LogP contribution in [-0.2, 0) is 0 Å². The number of nitrogens with zero attached hydrogens (tertiary/aromatic N) is 5. The van der Waals surface area contributed by atoms with Crippen molar-refractivity contribution in [1.29, 1.82) is 0 Å². The molecule has 0 unspecified atom stereocenters. The zero-order valence-corrected chi connectivity index (χ0v) is 12.7. The maximum Gasteiger partial charge on any atom is 0.223 e. The van der Waals surface area contributed by atoms with E-state index in [1.165, 1.54) is 4.80 Å². The van der Waals surface area contributed by atoms with Crippen LogP contribution in [0.25, 0.3) is 28.3 Å². The highest BCUT2D eigenvalue weighted by atomic mass is 15.6. The predicted molar refractivity (Wildman–Crippen MR) is 92.2 cm³/mol. The number of pyridine rings is 1. The average molecular weight is 314 g/mol. The third-order valence-corrected chi connectivity index (χ3v) is 3.66. The second kappa shape index (κ2) is 5.92. The molecule has 4 aromatic rings. The molecule has 0 aliphatic heterocycles. The summed E-state index contributed by atoms with van der Waals surface area (Å²) in [6, 6.07) is 21.2. The van der Waals surface area contributed by atoms with Crippen molar-refractivity contribution < 1.29 is 0 Å². The van der Waals surface area contributed by atoms with E-state index in [0.29, 0.717) is 11.5 Å². The minimum absolute atomic E-state index is 0.486. The van der Waals surface area contributed by atoms with Gasteiger partial charge in [0.2, 0.25) is 5.82 Å². The van der Waals surface area contributed by atoms with Crippen LogP contribution in [0.15, 0.2) is 72.9 Å². The Morgan fingerprint density at radius 2 is 1.75 bits per heavy atom. The highest BCUT2D eigenvalue weighted by Crippen LogP contribution is 2.26. The van der Waals surface area contributed by atoms with Crippen LogP contribution in [0.5, 0.6) is 0 Å². The fraction of sp³-hybridized carbons (Fsp3) is 0. The van der Waals surface area contributed by atoms with Crippen LogP contribution < -0.4 is 5.73 Å². The van der Waals surface area contributed by atoms with Gasteiger partial charge in [0.15, 0.2) is 0 Å². The predicted octanol–water partition coefficient (Wildman–Crippen LogP) is 2.97. The van der Waals surface area contributed by atoms with Crippen LogP contribution in [0.4, 0.5) is 5.69 Å². The summed E-state index contributed by atoms with van der Waals surface area (Å²) >= 11 is 0. The van der Waals surface area contributed by atoms with Gasteiger partial charge >= 0.3 is 0 Å². The van der Waals surface area contributed by atoms with Crippen LogP contribution in [0.1, 0.15) is 0 Å². The van der Waals surface area contributed by atoms with Gasteiger partial charge in [0.1, 0.15) is 5.69 Å². The quantitative estimate of drug-likeness (QED) is 0.588. The molecular weight excluding hydrogens is 300 g/mol. The lowest BCUT2D eigenvalue weighted by Crippen LogP contribution is -1.99. The third-order valence-electron chi connectivity index (χ3n) is 3.66. The van der Waals surface area contributed by atoms with E-state index >= 15 is 0 Å². The van der Waals surface area contributed by atoms with Crippen LogP contribution >= 0.6 is 0 Å². The largest absolute Gasteiger partial charge is 0.398 e. The number of aromatic nitrogens is 5. The molecule has 6 nitrogen and oxygen atoms in total. The minimum atomic E-state index is 0.486. The van der Waals surface area contributed by atoms with Crippen molar-refractivity contribution >= 4 is 5.69 Å². The first kappa shape index (κ1) is 14.1. The van der Waals surface area contributed by atoms with Gasteiger partial charge in [0.05, 0.1) is 5.69 Å². The minimum Gasteiger partial charge on any atom is -0.398 e. The van der Waals surface area contributed by atoms with Crippen LogP contribution in [0.2, 0.25) is 0 Å². The first-order valence-corrected chi connectivity index (χ1v) is 7.48. The van der Waals surface area contributed by atoms with Crippen LogP contribution in [0, 0.1) is 0 Å². The molecule has 0 aliphatic rings. The van der Waals surface area contributed by atoms with Gasteiger partial charge in [-0.25, -0.2) is 0 Å². The normalized spacial score (nSPS) is 10.7. The first-order valence-electron chi connectivity index (χ1n) is 7.48. The summed E-state index contributed by atoms with van der Waals surface area (Å²) in [5.74, 6) is 0.486. The number of tetrazole rings is 1. The van der Waals surface area contributed by atoms with Crippen molar-refractivity contribution in [2.24, 2.45) is 0 Å². The Balaban J connectivity index is 1.72. The molecule has 2 heterocycles. The summed E-state index contributed by atoms with van der Waals surface area (Å²) < 4.78 is 0. The molecule has 2 N–H and O–H groups in total. The van der Waals surface area contributed by atoms with E-state index < -0.39 is 0 Å². The molecule has 0 saturated carbocycles. The average Bonchev–Trinajstić information content (AvgIpc) is 3.13. The fourth-order valence-electron chi connectivity index (χ4n) is 2.48. The molecule has 6 heteroatoms. The Hall–Kier alpha value is -3.54. The van der Waals surface area contributed by atoms with Crippen molar-refractivity contribution in [2.45, 2.75) is 0 Å².